The highest BCUT2D eigenvalue weighted by molar-refractivity contribution is 5.67. The van der Waals surface area contributed by atoms with Crippen LogP contribution in [0.3, 0.4) is 0 Å². The first-order chi connectivity index (χ1) is 14.6. The molecule has 0 amide bonds. The molecule has 0 atom stereocenters. The van der Waals surface area contributed by atoms with E-state index in [2.05, 4.69) is 79.4 Å². The molecule has 0 aromatic heterocycles. The van der Waals surface area contributed by atoms with Gasteiger partial charge in [-0.25, -0.2) is 0 Å². The second-order valence-corrected chi connectivity index (χ2v) is 9.35. The van der Waals surface area contributed by atoms with Gasteiger partial charge in [0.05, 0.1) is 5.69 Å². The highest BCUT2D eigenvalue weighted by Crippen LogP contribution is 2.39. The minimum absolute atomic E-state index is 0.620. The van der Waals surface area contributed by atoms with Crippen LogP contribution in [0, 0.1) is 20.8 Å². The van der Waals surface area contributed by atoms with Gasteiger partial charge in [0, 0.05) is 18.4 Å². The van der Waals surface area contributed by atoms with Crippen LogP contribution in [0.25, 0.3) is 0 Å². The van der Waals surface area contributed by atoms with E-state index in [1.54, 1.807) is 0 Å². The molecular formula is C28H38N2. The summed E-state index contributed by atoms with van der Waals surface area (Å²) in [5, 5.41) is 0. The van der Waals surface area contributed by atoms with Crippen LogP contribution in [0.15, 0.2) is 60.2 Å². The Kier molecular flexibility index (Phi) is 6.82. The zero-order valence-corrected chi connectivity index (χ0v) is 19.2. The molecule has 1 aliphatic heterocycles. The number of nitrogens with zero attached hydrogens (tertiary/aromatic N) is 2. The van der Waals surface area contributed by atoms with Gasteiger partial charge in [0.1, 0.15) is 5.82 Å². The molecule has 1 heterocycles. The van der Waals surface area contributed by atoms with E-state index in [-0.39, 0.29) is 0 Å². The molecule has 3 aliphatic rings. The minimum Gasteiger partial charge on any atom is -0.329 e. The summed E-state index contributed by atoms with van der Waals surface area (Å²) in [4.78, 5) is 5.13. The Bertz CT molecular complexity index is 840. The molecule has 0 bridgehead atoms. The Morgan fingerprint density at radius 3 is 2.23 bits per heavy atom. The van der Waals surface area contributed by atoms with Crippen molar-refractivity contribution in [3.8, 4) is 0 Å². The van der Waals surface area contributed by atoms with Gasteiger partial charge in [-0.2, -0.15) is 0 Å². The molecule has 4 rings (SSSR count). The van der Waals surface area contributed by atoms with Crippen LogP contribution in [0.5, 0.6) is 0 Å². The van der Waals surface area contributed by atoms with Gasteiger partial charge in [-0.1, -0.05) is 74.1 Å². The molecule has 0 radical (unpaired) electrons. The molecule has 1 aromatic rings. The number of hydrogen-bond acceptors (Lipinski definition) is 2. The van der Waals surface area contributed by atoms with Gasteiger partial charge in [-0.3, -0.25) is 0 Å². The van der Waals surface area contributed by atoms with Crippen molar-refractivity contribution in [3.05, 3.63) is 76.9 Å². The van der Waals surface area contributed by atoms with Crippen molar-refractivity contribution in [2.75, 3.05) is 4.90 Å². The van der Waals surface area contributed by atoms with E-state index in [4.69, 9.17) is 0 Å². The molecule has 0 spiro atoms. The van der Waals surface area contributed by atoms with Crippen molar-refractivity contribution >= 4 is 5.69 Å². The normalized spacial score (nSPS) is 23.4. The Morgan fingerprint density at radius 1 is 0.800 bits per heavy atom. The fourth-order valence-electron chi connectivity index (χ4n) is 5.49. The van der Waals surface area contributed by atoms with E-state index >= 15 is 0 Å². The number of rotatable bonds is 2. The number of hydrogen-bond donors (Lipinski definition) is 0. The van der Waals surface area contributed by atoms with E-state index < -0.39 is 0 Å². The molecule has 2 heteroatoms. The highest BCUT2D eigenvalue weighted by atomic mass is 15.4. The van der Waals surface area contributed by atoms with Gasteiger partial charge >= 0.3 is 0 Å². The van der Waals surface area contributed by atoms with Crippen molar-refractivity contribution in [2.24, 2.45) is 0 Å². The van der Waals surface area contributed by atoms with E-state index in [1.165, 1.54) is 91.6 Å². The van der Waals surface area contributed by atoms with E-state index in [0.29, 0.717) is 6.04 Å². The van der Waals surface area contributed by atoms with E-state index in [0.717, 1.165) is 6.42 Å². The summed E-state index contributed by atoms with van der Waals surface area (Å²) in [6, 6.07) is 5.27. The monoisotopic (exact) mass is 402 g/mol. The van der Waals surface area contributed by atoms with Gasteiger partial charge in [0.15, 0.2) is 0 Å². The smallest absolute Gasteiger partial charge is 0.120 e. The molecule has 1 fully saturated rings. The molecule has 0 saturated heterocycles. The van der Waals surface area contributed by atoms with Crippen LogP contribution in [-0.2, 0) is 0 Å². The Hall–Kier alpha value is -2.22. The van der Waals surface area contributed by atoms with Crippen molar-refractivity contribution in [1.29, 1.82) is 0 Å². The summed E-state index contributed by atoms with van der Waals surface area (Å²) in [5.41, 5.74) is 6.91. The van der Waals surface area contributed by atoms with E-state index in [1.807, 2.05) is 0 Å². The van der Waals surface area contributed by atoms with Gasteiger partial charge in [0.25, 0.3) is 0 Å². The summed E-state index contributed by atoms with van der Waals surface area (Å²) in [7, 11) is 0. The Balaban J connectivity index is 1.78. The van der Waals surface area contributed by atoms with E-state index in [9.17, 15) is 0 Å². The Labute approximate surface area is 183 Å². The van der Waals surface area contributed by atoms with Gasteiger partial charge < -0.3 is 9.80 Å². The Morgan fingerprint density at radius 2 is 1.50 bits per heavy atom. The van der Waals surface area contributed by atoms with Gasteiger partial charge in [0.2, 0.25) is 0 Å². The molecule has 30 heavy (non-hydrogen) atoms. The lowest BCUT2D eigenvalue weighted by Gasteiger charge is -2.35. The van der Waals surface area contributed by atoms with Crippen LogP contribution in [0.2, 0.25) is 0 Å². The van der Waals surface area contributed by atoms with Crippen LogP contribution >= 0.6 is 0 Å². The van der Waals surface area contributed by atoms with Gasteiger partial charge in [-0.15, -0.1) is 0 Å². The third-order valence-electron chi connectivity index (χ3n) is 6.84. The SMILES string of the molecule is Cc1cc(C)c(N2C=CN(C3CCCCCCC3)C2=C2C=CC=CCCC2)c(C)c1. The summed E-state index contributed by atoms with van der Waals surface area (Å²) in [6.45, 7) is 6.73. The maximum absolute atomic E-state index is 2.63. The maximum Gasteiger partial charge on any atom is 0.120 e. The first kappa shape index (κ1) is 21.0. The summed E-state index contributed by atoms with van der Waals surface area (Å²) in [5.74, 6) is 1.40. The average Bonchev–Trinajstić information content (AvgIpc) is 3.05. The lowest BCUT2D eigenvalue weighted by atomic mass is 9.95. The third-order valence-corrected chi connectivity index (χ3v) is 6.84. The van der Waals surface area contributed by atoms with Crippen molar-refractivity contribution < 1.29 is 0 Å². The molecule has 0 unspecified atom stereocenters. The quantitative estimate of drug-likeness (QED) is 0.497. The first-order valence-electron chi connectivity index (χ1n) is 12.1. The predicted octanol–water partition coefficient (Wildman–Crippen LogP) is 7.83. The highest BCUT2D eigenvalue weighted by Gasteiger charge is 2.31. The van der Waals surface area contributed by atoms with Crippen LogP contribution in [0.1, 0.15) is 80.9 Å². The number of anilines is 1. The van der Waals surface area contributed by atoms with Crippen LogP contribution in [0.4, 0.5) is 5.69 Å². The maximum atomic E-state index is 2.63. The molecule has 0 N–H and O–H groups in total. The fourth-order valence-corrected chi connectivity index (χ4v) is 5.49. The standard InChI is InChI=1S/C28H38N2/c1-22-20-23(2)27(24(3)21-22)30-19-18-29(26-16-12-8-5-9-13-17-26)28(30)25-14-10-6-4-7-11-15-25/h4,6,10,14,18-21,26H,5,7-9,11-13,15-17H2,1-3H3. The second kappa shape index (κ2) is 9.73. The molecule has 1 aromatic carbocycles. The zero-order valence-electron chi connectivity index (χ0n) is 19.2. The second-order valence-electron chi connectivity index (χ2n) is 9.35. The van der Waals surface area contributed by atoms with Crippen molar-refractivity contribution in [2.45, 2.75) is 91.0 Å². The first-order valence-corrected chi connectivity index (χ1v) is 12.1. The van der Waals surface area contributed by atoms with Gasteiger partial charge in [-0.05, 0) is 69.6 Å². The molecule has 160 valence electrons. The number of benzene rings is 1. The number of aryl methyl sites for hydroxylation is 3. The average molecular weight is 403 g/mol. The molecule has 2 nitrogen and oxygen atoms in total. The predicted molar refractivity (Wildman–Crippen MR) is 129 cm³/mol. The fraction of sp³-hybridized carbons (Fsp3) is 0.500. The summed E-state index contributed by atoms with van der Waals surface area (Å²) >= 11 is 0. The largest absolute Gasteiger partial charge is 0.329 e. The van der Waals surface area contributed by atoms with Crippen LogP contribution in [-0.4, -0.2) is 10.9 Å². The topological polar surface area (TPSA) is 6.48 Å². The third kappa shape index (κ3) is 4.58. The molecule has 2 aliphatic carbocycles. The van der Waals surface area contributed by atoms with Crippen LogP contribution < -0.4 is 4.90 Å². The lowest BCUT2D eigenvalue weighted by Crippen LogP contribution is -2.34. The minimum atomic E-state index is 0.620. The lowest BCUT2D eigenvalue weighted by molar-refractivity contribution is 0.279. The summed E-state index contributed by atoms with van der Waals surface area (Å²) in [6.07, 6.45) is 26.9. The zero-order chi connectivity index (χ0) is 20.9. The summed E-state index contributed by atoms with van der Waals surface area (Å²) < 4.78 is 0. The van der Waals surface area contributed by atoms with Crippen molar-refractivity contribution in [3.63, 3.8) is 0 Å². The number of allylic oxidation sites excluding steroid dienone is 5. The van der Waals surface area contributed by atoms with Crippen molar-refractivity contribution in [1.82, 2.24) is 4.90 Å². The molecule has 1 saturated carbocycles. The molecular weight excluding hydrogens is 364 g/mol.